The van der Waals surface area contributed by atoms with Crippen LogP contribution in [0.2, 0.25) is 0 Å². The van der Waals surface area contributed by atoms with E-state index in [9.17, 15) is 9.18 Å². The minimum Gasteiger partial charge on any atom is -0.335 e. The third kappa shape index (κ3) is 3.35. The fourth-order valence-electron chi connectivity index (χ4n) is 2.50. The van der Waals surface area contributed by atoms with Gasteiger partial charge in [-0.05, 0) is 37.5 Å². The minimum absolute atomic E-state index is 0.0507. The normalized spacial score (nSPS) is 20.2. The monoisotopic (exact) mass is 327 g/mol. The van der Waals surface area contributed by atoms with Crippen molar-refractivity contribution < 1.29 is 9.18 Å². The van der Waals surface area contributed by atoms with Gasteiger partial charge in [0.1, 0.15) is 5.82 Å². The molecule has 0 radical (unpaired) electrons. The second-order valence-electron chi connectivity index (χ2n) is 5.12. The first kappa shape index (κ1) is 14.5. The number of alkyl halides is 1. The average Bonchev–Trinajstić information content (AvgIpc) is 2.66. The maximum atomic E-state index is 13.6. The van der Waals surface area contributed by atoms with Crippen LogP contribution >= 0.6 is 15.9 Å². The van der Waals surface area contributed by atoms with Gasteiger partial charge in [-0.25, -0.2) is 4.39 Å². The molecule has 0 aromatic heterocycles. The molecule has 19 heavy (non-hydrogen) atoms. The predicted octanol–water partition coefficient (Wildman–Crippen LogP) is 3.91. The second-order valence-corrected chi connectivity index (χ2v) is 5.77. The van der Waals surface area contributed by atoms with Gasteiger partial charge < -0.3 is 4.90 Å². The number of hydrogen-bond acceptors (Lipinski definition) is 1. The number of amides is 1. The first-order valence-corrected chi connectivity index (χ1v) is 7.88. The van der Waals surface area contributed by atoms with Crippen molar-refractivity contribution >= 4 is 21.8 Å². The molecule has 1 fully saturated rings. The first-order chi connectivity index (χ1) is 9.13. The number of carbonyl (C=O) groups is 1. The summed E-state index contributed by atoms with van der Waals surface area (Å²) in [4.78, 5) is 14.4. The van der Waals surface area contributed by atoms with Crippen molar-refractivity contribution in [1.29, 1.82) is 0 Å². The Balaban J connectivity index is 2.22. The fraction of sp³-hybridized carbons (Fsp3) is 0.533. The lowest BCUT2D eigenvalue weighted by Crippen LogP contribution is -2.41. The molecule has 1 amide bonds. The van der Waals surface area contributed by atoms with E-state index in [-0.39, 0.29) is 17.8 Å². The lowest BCUT2D eigenvalue weighted by Gasteiger charge is -2.29. The molecular weight excluding hydrogens is 309 g/mol. The number of benzene rings is 1. The summed E-state index contributed by atoms with van der Waals surface area (Å²) in [6, 6.07) is 4.97. The van der Waals surface area contributed by atoms with Crippen molar-refractivity contribution in [2.24, 2.45) is 0 Å². The lowest BCUT2D eigenvalue weighted by atomic mass is 10.1. The maximum absolute atomic E-state index is 13.6. The zero-order chi connectivity index (χ0) is 13.8. The highest BCUT2D eigenvalue weighted by Crippen LogP contribution is 2.21. The number of halogens is 2. The summed E-state index contributed by atoms with van der Waals surface area (Å²) >= 11 is 3.49. The van der Waals surface area contributed by atoms with Crippen LogP contribution in [0, 0.1) is 12.7 Å². The Labute approximate surface area is 122 Å². The van der Waals surface area contributed by atoms with Gasteiger partial charge in [-0.1, -0.05) is 34.8 Å². The van der Waals surface area contributed by atoms with Crippen LogP contribution in [0.1, 0.15) is 41.6 Å². The smallest absolute Gasteiger partial charge is 0.254 e. The molecule has 0 saturated carbocycles. The molecule has 0 N–H and O–H groups in total. The Hall–Kier alpha value is -0.900. The summed E-state index contributed by atoms with van der Waals surface area (Å²) in [5.74, 6) is -0.360. The van der Waals surface area contributed by atoms with Gasteiger partial charge in [0.25, 0.3) is 5.91 Å². The van der Waals surface area contributed by atoms with E-state index in [1.807, 2.05) is 4.90 Å². The molecule has 0 spiro atoms. The van der Waals surface area contributed by atoms with Gasteiger partial charge in [0.05, 0.1) is 0 Å². The van der Waals surface area contributed by atoms with Gasteiger partial charge in [-0.15, -0.1) is 0 Å². The number of carbonyl (C=O) groups excluding carboxylic acids is 1. The number of rotatable bonds is 2. The number of aryl methyl sites for hydroxylation is 1. The molecule has 0 bridgehead atoms. The van der Waals surface area contributed by atoms with E-state index in [0.29, 0.717) is 11.1 Å². The van der Waals surface area contributed by atoms with Crippen molar-refractivity contribution in [3.05, 3.63) is 35.1 Å². The quantitative estimate of drug-likeness (QED) is 0.754. The van der Waals surface area contributed by atoms with Crippen LogP contribution in [-0.2, 0) is 0 Å². The van der Waals surface area contributed by atoms with Gasteiger partial charge in [0.15, 0.2) is 0 Å². The van der Waals surface area contributed by atoms with E-state index in [2.05, 4.69) is 15.9 Å². The van der Waals surface area contributed by atoms with Crippen LogP contribution in [0.3, 0.4) is 0 Å². The van der Waals surface area contributed by atoms with Gasteiger partial charge in [-0.3, -0.25) is 4.79 Å². The van der Waals surface area contributed by atoms with Crippen LogP contribution in [0.15, 0.2) is 18.2 Å². The van der Waals surface area contributed by atoms with Crippen molar-refractivity contribution in [3.8, 4) is 0 Å². The third-order valence-electron chi connectivity index (χ3n) is 3.73. The molecule has 2 rings (SSSR count). The molecule has 1 aromatic carbocycles. The Morgan fingerprint density at radius 1 is 1.42 bits per heavy atom. The molecular formula is C15H19BrFNO. The van der Waals surface area contributed by atoms with E-state index >= 15 is 0 Å². The van der Waals surface area contributed by atoms with Crippen molar-refractivity contribution in [2.75, 3.05) is 11.9 Å². The summed E-state index contributed by atoms with van der Waals surface area (Å²) in [7, 11) is 0. The number of likely N-dealkylation sites (tertiary alicyclic amines) is 1. The molecule has 1 saturated heterocycles. The molecule has 104 valence electrons. The maximum Gasteiger partial charge on any atom is 0.254 e. The summed E-state index contributed by atoms with van der Waals surface area (Å²) in [6.07, 6.45) is 4.37. The minimum atomic E-state index is -0.309. The molecule has 0 aliphatic carbocycles. The van der Waals surface area contributed by atoms with E-state index in [4.69, 9.17) is 0 Å². The number of hydrogen-bond donors (Lipinski definition) is 0. The van der Waals surface area contributed by atoms with E-state index < -0.39 is 0 Å². The molecule has 2 nitrogen and oxygen atoms in total. The van der Waals surface area contributed by atoms with Crippen molar-refractivity contribution in [3.63, 3.8) is 0 Å². The molecule has 1 aliphatic heterocycles. The third-order valence-corrected chi connectivity index (χ3v) is 4.48. The fourth-order valence-corrected chi connectivity index (χ4v) is 3.17. The van der Waals surface area contributed by atoms with E-state index in [1.165, 1.54) is 6.07 Å². The van der Waals surface area contributed by atoms with Crippen LogP contribution in [-0.4, -0.2) is 28.7 Å². The Morgan fingerprint density at radius 3 is 2.89 bits per heavy atom. The van der Waals surface area contributed by atoms with Crippen LogP contribution in [0.4, 0.5) is 4.39 Å². The Bertz CT molecular complexity index is 463. The van der Waals surface area contributed by atoms with Gasteiger partial charge in [0.2, 0.25) is 0 Å². The standard InChI is InChI=1S/C15H19BrFNO/c1-11-6-7-12(9-14(11)17)15(19)18-8-4-2-3-5-13(18)10-16/h6-7,9,13H,2-5,8,10H2,1H3. The van der Waals surface area contributed by atoms with Crippen LogP contribution < -0.4 is 0 Å². The molecule has 4 heteroatoms. The molecule has 1 aromatic rings. The number of nitrogens with zero attached hydrogens (tertiary/aromatic N) is 1. The van der Waals surface area contributed by atoms with Gasteiger partial charge in [0, 0.05) is 23.5 Å². The lowest BCUT2D eigenvalue weighted by molar-refractivity contribution is 0.0702. The second kappa shape index (κ2) is 6.51. The highest BCUT2D eigenvalue weighted by atomic mass is 79.9. The zero-order valence-corrected chi connectivity index (χ0v) is 12.7. The SMILES string of the molecule is Cc1ccc(C(=O)N2CCCCCC2CBr)cc1F. The topological polar surface area (TPSA) is 20.3 Å². The largest absolute Gasteiger partial charge is 0.335 e. The van der Waals surface area contributed by atoms with Gasteiger partial charge >= 0.3 is 0 Å². The van der Waals surface area contributed by atoms with Crippen LogP contribution in [0.5, 0.6) is 0 Å². The van der Waals surface area contributed by atoms with E-state index in [0.717, 1.165) is 37.6 Å². The highest BCUT2D eigenvalue weighted by molar-refractivity contribution is 9.09. The summed E-state index contributed by atoms with van der Waals surface area (Å²) in [5, 5.41) is 0.785. The van der Waals surface area contributed by atoms with Crippen molar-refractivity contribution in [1.82, 2.24) is 4.90 Å². The molecule has 1 aliphatic rings. The molecule has 1 heterocycles. The molecule has 1 unspecified atom stereocenters. The average molecular weight is 328 g/mol. The van der Waals surface area contributed by atoms with Crippen molar-refractivity contribution in [2.45, 2.75) is 38.6 Å². The molecule has 1 atom stereocenters. The highest BCUT2D eigenvalue weighted by Gasteiger charge is 2.25. The summed E-state index contributed by atoms with van der Waals surface area (Å²) < 4.78 is 13.6. The Kier molecular flexibility index (Phi) is 4.97. The zero-order valence-electron chi connectivity index (χ0n) is 11.2. The van der Waals surface area contributed by atoms with Crippen LogP contribution in [0.25, 0.3) is 0 Å². The summed E-state index contributed by atoms with van der Waals surface area (Å²) in [6.45, 7) is 2.47. The Morgan fingerprint density at radius 2 is 2.21 bits per heavy atom. The summed E-state index contributed by atoms with van der Waals surface area (Å²) in [5.41, 5.74) is 1.03. The van der Waals surface area contributed by atoms with Gasteiger partial charge in [-0.2, -0.15) is 0 Å². The predicted molar refractivity (Wildman–Crippen MR) is 78.2 cm³/mol. The first-order valence-electron chi connectivity index (χ1n) is 6.76. The van der Waals surface area contributed by atoms with E-state index in [1.54, 1.807) is 19.1 Å².